The van der Waals surface area contributed by atoms with Gasteiger partial charge < -0.3 is 14.8 Å². The molecule has 0 unspecified atom stereocenters. The van der Waals surface area contributed by atoms with Gasteiger partial charge in [0.15, 0.2) is 17.3 Å². The van der Waals surface area contributed by atoms with Crippen LogP contribution in [-0.2, 0) is 11.4 Å². The van der Waals surface area contributed by atoms with Crippen LogP contribution in [0.3, 0.4) is 0 Å². The first-order chi connectivity index (χ1) is 11.3. The summed E-state index contributed by atoms with van der Waals surface area (Å²) < 4.78 is 11.2. The van der Waals surface area contributed by atoms with Crippen molar-refractivity contribution in [2.24, 2.45) is 5.10 Å². The van der Waals surface area contributed by atoms with Gasteiger partial charge in [-0.25, -0.2) is 5.43 Å². The first-order valence-corrected chi connectivity index (χ1v) is 7.07. The molecule has 0 saturated carbocycles. The quantitative estimate of drug-likeness (QED) is 0.862. The molecule has 7 heteroatoms. The highest BCUT2D eigenvalue weighted by atomic mass is 16.5. The molecule has 0 spiro atoms. The molecule has 118 valence electrons. The van der Waals surface area contributed by atoms with Crippen LogP contribution in [-0.4, -0.2) is 30.4 Å². The minimum absolute atomic E-state index is 0.169. The van der Waals surface area contributed by atoms with Crippen molar-refractivity contribution in [1.29, 1.82) is 0 Å². The summed E-state index contributed by atoms with van der Waals surface area (Å²) in [6, 6.07) is 9.27. The van der Waals surface area contributed by atoms with E-state index in [1.807, 2.05) is 30.3 Å². The van der Waals surface area contributed by atoms with Gasteiger partial charge in [0.2, 0.25) is 0 Å². The van der Waals surface area contributed by atoms with Crippen LogP contribution in [0.1, 0.15) is 11.1 Å². The van der Waals surface area contributed by atoms with Crippen LogP contribution < -0.4 is 20.2 Å². The monoisotopic (exact) mass is 312 g/mol. The summed E-state index contributed by atoms with van der Waals surface area (Å²) in [6.07, 6.45) is 3.47. The highest BCUT2D eigenvalue weighted by Gasteiger charge is 2.14. The molecule has 1 aromatic carbocycles. The third-order valence-electron chi connectivity index (χ3n) is 3.26. The first kappa shape index (κ1) is 14.8. The van der Waals surface area contributed by atoms with Crippen LogP contribution in [0, 0.1) is 0 Å². The van der Waals surface area contributed by atoms with Gasteiger partial charge in [-0.1, -0.05) is 6.07 Å². The molecular formula is C16H16N4O3. The molecular weight excluding hydrogens is 296 g/mol. The van der Waals surface area contributed by atoms with Gasteiger partial charge in [0.05, 0.1) is 13.7 Å². The highest BCUT2D eigenvalue weighted by Crippen LogP contribution is 2.29. The Kier molecular flexibility index (Phi) is 4.37. The molecule has 0 bridgehead atoms. The van der Waals surface area contributed by atoms with Crippen LogP contribution >= 0.6 is 0 Å². The number of benzene rings is 1. The van der Waals surface area contributed by atoms with E-state index in [9.17, 15) is 4.79 Å². The lowest BCUT2D eigenvalue weighted by molar-refractivity contribution is -0.120. The maximum atomic E-state index is 11.1. The van der Waals surface area contributed by atoms with Gasteiger partial charge in [0.1, 0.15) is 6.61 Å². The molecule has 2 aromatic rings. The molecule has 0 atom stereocenters. The molecule has 1 aliphatic rings. The van der Waals surface area contributed by atoms with Crippen molar-refractivity contribution in [3.63, 3.8) is 0 Å². The van der Waals surface area contributed by atoms with Gasteiger partial charge in [0.25, 0.3) is 5.91 Å². The van der Waals surface area contributed by atoms with E-state index < -0.39 is 0 Å². The lowest BCUT2D eigenvalue weighted by Gasteiger charge is -2.16. The van der Waals surface area contributed by atoms with Gasteiger partial charge in [-0.2, -0.15) is 5.10 Å². The number of nitrogens with one attached hydrogen (secondary N) is 2. The van der Waals surface area contributed by atoms with Crippen molar-refractivity contribution in [2.75, 3.05) is 13.7 Å². The number of pyridine rings is 1. The van der Waals surface area contributed by atoms with Crippen molar-refractivity contribution in [2.45, 2.75) is 6.61 Å². The highest BCUT2D eigenvalue weighted by molar-refractivity contribution is 6.03. The number of hydrogen-bond donors (Lipinski definition) is 2. The zero-order chi connectivity index (χ0) is 16.1. The fraction of sp³-hybridized carbons (Fsp3) is 0.188. The third-order valence-corrected chi connectivity index (χ3v) is 3.26. The summed E-state index contributed by atoms with van der Waals surface area (Å²) >= 11 is 0. The number of amidine groups is 1. The Morgan fingerprint density at radius 2 is 2.17 bits per heavy atom. The second kappa shape index (κ2) is 6.78. The number of carbonyl (C=O) groups is 1. The van der Waals surface area contributed by atoms with Gasteiger partial charge in [-0.05, 0) is 24.3 Å². The van der Waals surface area contributed by atoms with Gasteiger partial charge in [-0.3, -0.25) is 9.78 Å². The predicted molar refractivity (Wildman–Crippen MR) is 84.2 cm³/mol. The Labute approximate surface area is 133 Å². The van der Waals surface area contributed by atoms with Gasteiger partial charge in [0, 0.05) is 23.5 Å². The predicted octanol–water partition coefficient (Wildman–Crippen LogP) is 1.05. The number of ether oxygens (including phenoxy) is 2. The minimum atomic E-state index is -0.169. The number of aromatic nitrogens is 1. The average molecular weight is 312 g/mol. The van der Waals surface area contributed by atoms with Crippen molar-refractivity contribution in [1.82, 2.24) is 15.7 Å². The molecule has 23 heavy (non-hydrogen) atoms. The number of amides is 1. The van der Waals surface area contributed by atoms with Crippen molar-refractivity contribution < 1.29 is 14.3 Å². The molecule has 1 aliphatic heterocycles. The Hall–Kier alpha value is -3.09. The molecule has 0 aliphatic carbocycles. The Balaban J connectivity index is 1.76. The van der Waals surface area contributed by atoms with Crippen LogP contribution in [0.4, 0.5) is 0 Å². The van der Waals surface area contributed by atoms with E-state index in [1.54, 1.807) is 19.5 Å². The lowest BCUT2D eigenvalue weighted by Crippen LogP contribution is -2.42. The van der Waals surface area contributed by atoms with Crippen LogP contribution in [0.5, 0.6) is 11.5 Å². The van der Waals surface area contributed by atoms with E-state index in [1.165, 1.54) is 0 Å². The Morgan fingerprint density at radius 3 is 2.87 bits per heavy atom. The van der Waals surface area contributed by atoms with Crippen LogP contribution in [0.2, 0.25) is 0 Å². The molecule has 7 nitrogen and oxygen atoms in total. The van der Waals surface area contributed by atoms with Crippen molar-refractivity contribution >= 4 is 11.7 Å². The summed E-state index contributed by atoms with van der Waals surface area (Å²) in [7, 11) is 1.58. The summed E-state index contributed by atoms with van der Waals surface area (Å²) in [5.74, 6) is 1.63. The fourth-order valence-corrected chi connectivity index (χ4v) is 2.11. The van der Waals surface area contributed by atoms with E-state index in [0.717, 1.165) is 11.1 Å². The number of nitrogens with zero attached hydrogens (tertiary/aromatic N) is 2. The molecule has 1 aromatic heterocycles. The third kappa shape index (κ3) is 3.57. The van der Waals surface area contributed by atoms with Crippen LogP contribution in [0.15, 0.2) is 47.8 Å². The summed E-state index contributed by atoms with van der Waals surface area (Å²) in [4.78, 5) is 15.2. The second-order valence-electron chi connectivity index (χ2n) is 4.86. The van der Waals surface area contributed by atoms with E-state index in [2.05, 4.69) is 20.8 Å². The number of methoxy groups -OCH3 is 1. The molecule has 3 rings (SSSR count). The normalized spacial score (nSPS) is 13.6. The number of hydrazone groups is 1. The smallest absolute Gasteiger partial charge is 0.259 e. The molecule has 1 amide bonds. The van der Waals surface area contributed by atoms with E-state index in [4.69, 9.17) is 9.47 Å². The standard InChI is InChI=1S/C16H16N4O3/c1-22-14-7-12(16-18-9-15(21)19-20-16)4-5-13(14)23-10-11-3-2-6-17-8-11/h2-8H,9-10H2,1H3,(H,18,20)(H,19,21). The second-order valence-corrected chi connectivity index (χ2v) is 4.86. The van der Waals surface area contributed by atoms with Gasteiger partial charge >= 0.3 is 0 Å². The summed E-state index contributed by atoms with van der Waals surface area (Å²) in [6.45, 7) is 0.596. The minimum Gasteiger partial charge on any atom is -0.493 e. The Bertz CT molecular complexity index is 731. The largest absolute Gasteiger partial charge is 0.493 e. The molecule has 0 saturated heterocycles. The maximum Gasteiger partial charge on any atom is 0.259 e. The maximum absolute atomic E-state index is 11.1. The summed E-state index contributed by atoms with van der Waals surface area (Å²) in [5.41, 5.74) is 4.21. The van der Waals surface area contributed by atoms with Crippen LogP contribution in [0.25, 0.3) is 0 Å². The van der Waals surface area contributed by atoms with Crippen molar-refractivity contribution in [3.8, 4) is 11.5 Å². The lowest BCUT2D eigenvalue weighted by atomic mass is 10.1. The summed E-state index contributed by atoms with van der Waals surface area (Å²) in [5, 5.41) is 6.93. The van der Waals surface area contributed by atoms with E-state index in [-0.39, 0.29) is 12.5 Å². The zero-order valence-electron chi connectivity index (χ0n) is 12.6. The van der Waals surface area contributed by atoms with E-state index in [0.29, 0.717) is 23.9 Å². The molecule has 2 heterocycles. The molecule has 0 fully saturated rings. The van der Waals surface area contributed by atoms with E-state index >= 15 is 0 Å². The average Bonchev–Trinajstić information content (AvgIpc) is 2.61. The topological polar surface area (TPSA) is 84.8 Å². The number of rotatable bonds is 5. The SMILES string of the molecule is COc1cc(C2=NNC(=O)CN2)ccc1OCc1cccnc1. The fourth-order valence-electron chi connectivity index (χ4n) is 2.11. The number of hydrogen-bond acceptors (Lipinski definition) is 6. The zero-order valence-corrected chi connectivity index (χ0v) is 12.6. The van der Waals surface area contributed by atoms with Crippen molar-refractivity contribution in [3.05, 3.63) is 53.9 Å². The molecule has 2 N–H and O–H groups in total. The Morgan fingerprint density at radius 1 is 1.26 bits per heavy atom. The molecule has 0 radical (unpaired) electrons. The number of carbonyl (C=O) groups excluding carboxylic acids is 1. The first-order valence-electron chi connectivity index (χ1n) is 7.07. The van der Waals surface area contributed by atoms with Gasteiger partial charge in [-0.15, -0.1) is 0 Å².